The van der Waals surface area contributed by atoms with Gasteiger partial charge >= 0.3 is 5.97 Å². The number of rotatable bonds is 6. The van der Waals surface area contributed by atoms with Crippen molar-refractivity contribution in [2.24, 2.45) is 17.0 Å². The van der Waals surface area contributed by atoms with E-state index in [0.29, 0.717) is 12.3 Å². The molecule has 1 N–H and O–H groups in total. The number of esters is 1. The normalized spacial score (nSPS) is 26.4. The van der Waals surface area contributed by atoms with Crippen LogP contribution in [0.2, 0.25) is 0 Å². The van der Waals surface area contributed by atoms with Crippen LogP contribution in [0.15, 0.2) is 5.16 Å². The Balaban J connectivity index is 2.53. The van der Waals surface area contributed by atoms with Gasteiger partial charge in [0.2, 0.25) is 0 Å². The van der Waals surface area contributed by atoms with E-state index in [1.807, 2.05) is 0 Å². The number of carbonyl (C=O) groups excluding carboxylic acids is 1. The van der Waals surface area contributed by atoms with E-state index in [-0.39, 0.29) is 11.9 Å². The SMILES string of the molecule is CCCCC[C@H]1C(=NO)CC[C@@H]1CC(=O)OC. The zero-order chi connectivity index (χ0) is 12.7. The van der Waals surface area contributed by atoms with Gasteiger partial charge in [0.05, 0.1) is 12.8 Å². The highest BCUT2D eigenvalue weighted by molar-refractivity contribution is 5.89. The lowest BCUT2D eigenvalue weighted by Crippen LogP contribution is -2.18. The highest BCUT2D eigenvalue weighted by Crippen LogP contribution is 2.35. The van der Waals surface area contributed by atoms with E-state index in [9.17, 15) is 4.79 Å². The Morgan fingerprint density at radius 2 is 2.29 bits per heavy atom. The number of oxime groups is 1. The van der Waals surface area contributed by atoms with Crippen LogP contribution in [-0.2, 0) is 9.53 Å². The lowest BCUT2D eigenvalue weighted by Gasteiger charge is -2.18. The Labute approximate surface area is 103 Å². The minimum absolute atomic E-state index is 0.158. The van der Waals surface area contributed by atoms with E-state index >= 15 is 0 Å². The third-order valence-corrected chi connectivity index (χ3v) is 3.67. The second-order valence-electron chi connectivity index (χ2n) is 4.77. The molecule has 17 heavy (non-hydrogen) atoms. The molecule has 0 radical (unpaired) electrons. The molecule has 2 atom stereocenters. The molecule has 0 amide bonds. The van der Waals surface area contributed by atoms with Gasteiger partial charge in [-0.05, 0) is 25.2 Å². The van der Waals surface area contributed by atoms with Crippen molar-refractivity contribution in [3.05, 3.63) is 0 Å². The van der Waals surface area contributed by atoms with Crippen molar-refractivity contribution in [3.63, 3.8) is 0 Å². The lowest BCUT2D eigenvalue weighted by atomic mass is 9.87. The van der Waals surface area contributed by atoms with Gasteiger partial charge in [0.25, 0.3) is 0 Å². The second-order valence-corrected chi connectivity index (χ2v) is 4.77. The summed E-state index contributed by atoms with van der Waals surface area (Å²) in [5, 5.41) is 12.4. The van der Waals surface area contributed by atoms with Gasteiger partial charge < -0.3 is 9.94 Å². The van der Waals surface area contributed by atoms with E-state index in [0.717, 1.165) is 31.4 Å². The molecule has 0 aromatic rings. The van der Waals surface area contributed by atoms with Crippen LogP contribution >= 0.6 is 0 Å². The number of methoxy groups -OCH3 is 1. The first-order valence-corrected chi connectivity index (χ1v) is 6.50. The predicted molar refractivity (Wildman–Crippen MR) is 66.2 cm³/mol. The summed E-state index contributed by atoms with van der Waals surface area (Å²) in [6, 6.07) is 0. The van der Waals surface area contributed by atoms with Crippen molar-refractivity contribution in [1.29, 1.82) is 0 Å². The average Bonchev–Trinajstić information content (AvgIpc) is 2.72. The summed E-state index contributed by atoms with van der Waals surface area (Å²) >= 11 is 0. The highest BCUT2D eigenvalue weighted by Gasteiger charge is 2.34. The topological polar surface area (TPSA) is 58.9 Å². The maximum atomic E-state index is 11.3. The van der Waals surface area contributed by atoms with Gasteiger partial charge in [-0.3, -0.25) is 4.79 Å². The summed E-state index contributed by atoms with van der Waals surface area (Å²) in [6.07, 6.45) is 6.74. The molecule has 4 heteroatoms. The standard InChI is InChI=1S/C13H23NO3/c1-3-4-5-6-11-10(9-13(15)17-2)7-8-12(11)14-16/h10-11,16H,3-9H2,1-2H3/t10-,11-/m1/s1. The van der Waals surface area contributed by atoms with E-state index in [2.05, 4.69) is 12.1 Å². The Kier molecular flexibility index (Phi) is 6.01. The molecule has 0 aliphatic heterocycles. The molecular formula is C13H23NO3. The van der Waals surface area contributed by atoms with Gasteiger partial charge in [-0.15, -0.1) is 0 Å². The maximum Gasteiger partial charge on any atom is 0.305 e. The van der Waals surface area contributed by atoms with Crippen molar-refractivity contribution in [2.75, 3.05) is 7.11 Å². The first-order valence-electron chi connectivity index (χ1n) is 6.50. The molecule has 0 saturated heterocycles. The molecule has 0 aromatic heterocycles. The lowest BCUT2D eigenvalue weighted by molar-refractivity contribution is -0.141. The smallest absolute Gasteiger partial charge is 0.305 e. The third-order valence-electron chi connectivity index (χ3n) is 3.67. The minimum atomic E-state index is -0.158. The molecule has 1 saturated carbocycles. The molecule has 98 valence electrons. The second kappa shape index (κ2) is 7.30. The fourth-order valence-corrected chi connectivity index (χ4v) is 2.67. The molecular weight excluding hydrogens is 218 g/mol. The first-order chi connectivity index (χ1) is 8.22. The fraction of sp³-hybridized carbons (Fsp3) is 0.846. The van der Waals surface area contributed by atoms with Crippen LogP contribution in [-0.4, -0.2) is 24.0 Å². The van der Waals surface area contributed by atoms with Crippen LogP contribution in [0.3, 0.4) is 0 Å². The molecule has 0 heterocycles. The molecule has 1 aliphatic carbocycles. The van der Waals surface area contributed by atoms with Crippen LogP contribution in [0, 0.1) is 11.8 Å². The van der Waals surface area contributed by atoms with Crippen LogP contribution in [0.4, 0.5) is 0 Å². The Bertz CT molecular complexity index is 276. The molecule has 0 unspecified atom stereocenters. The van der Waals surface area contributed by atoms with Gasteiger partial charge in [0, 0.05) is 12.3 Å². The molecule has 1 rings (SSSR count). The number of nitrogens with zero attached hydrogens (tertiary/aromatic N) is 1. The Hall–Kier alpha value is -1.06. The fourth-order valence-electron chi connectivity index (χ4n) is 2.67. The first kappa shape index (κ1) is 14.0. The number of hydrogen-bond acceptors (Lipinski definition) is 4. The zero-order valence-electron chi connectivity index (χ0n) is 10.8. The number of carbonyl (C=O) groups is 1. The number of hydrogen-bond donors (Lipinski definition) is 1. The van der Waals surface area contributed by atoms with Crippen LogP contribution < -0.4 is 0 Å². The average molecular weight is 241 g/mol. The third kappa shape index (κ3) is 4.02. The number of ether oxygens (including phenoxy) is 1. The van der Waals surface area contributed by atoms with Crippen molar-refractivity contribution in [3.8, 4) is 0 Å². The molecule has 0 spiro atoms. The predicted octanol–water partition coefficient (Wildman–Crippen LogP) is 2.99. The van der Waals surface area contributed by atoms with Crippen molar-refractivity contribution >= 4 is 11.7 Å². The summed E-state index contributed by atoms with van der Waals surface area (Å²) in [7, 11) is 1.42. The van der Waals surface area contributed by atoms with Gasteiger partial charge in [0.15, 0.2) is 0 Å². The number of unbranched alkanes of at least 4 members (excludes halogenated alkanes) is 2. The van der Waals surface area contributed by atoms with Crippen LogP contribution in [0.1, 0.15) is 51.9 Å². The van der Waals surface area contributed by atoms with E-state index in [4.69, 9.17) is 9.94 Å². The van der Waals surface area contributed by atoms with Crippen molar-refractivity contribution in [1.82, 2.24) is 0 Å². The Morgan fingerprint density at radius 1 is 1.53 bits per heavy atom. The highest BCUT2D eigenvalue weighted by atomic mass is 16.5. The molecule has 4 nitrogen and oxygen atoms in total. The van der Waals surface area contributed by atoms with Gasteiger partial charge in [-0.25, -0.2) is 0 Å². The molecule has 0 aromatic carbocycles. The molecule has 1 aliphatic rings. The monoisotopic (exact) mass is 241 g/mol. The summed E-state index contributed by atoms with van der Waals surface area (Å²) in [5.74, 6) is 0.408. The quantitative estimate of drug-likeness (QED) is 0.336. The van der Waals surface area contributed by atoms with Crippen molar-refractivity contribution in [2.45, 2.75) is 51.9 Å². The largest absolute Gasteiger partial charge is 0.469 e. The van der Waals surface area contributed by atoms with E-state index in [1.54, 1.807) is 0 Å². The molecule has 0 bridgehead atoms. The molecule has 1 fully saturated rings. The minimum Gasteiger partial charge on any atom is -0.469 e. The van der Waals surface area contributed by atoms with Gasteiger partial charge in [-0.1, -0.05) is 31.3 Å². The Morgan fingerprint density at radius 3 is 2.88 bits per heavy atom. The maximum absolute atomic E-state index is 11.3. The van der Waals surface area contributed by atoms with Gasteiger partial charge in [-0.2, -0.15) is 0 Å². The van der Waals surface area contributed by atoms with Crippen LogP contribution in [0.25, 0.3) is 0 Å². The summed E-state index contributed by atoms with van der Waals surface area (Å²) in [4.78, 5) is 11.3. The van der Waals surface area contributed by atoms with Crippen LogP contribution in [0.5, 0.6) is 0 Å². The van der Waals surface area contributed by atoms with E-state index in [1.165, 1.54) is 20.0 Å². The summed E-state index contributed by atoms with van der Waals surface area (Å²) < 4.78 is 4.71. The zero-order valence-corrected chi connectivity index (χ0v) is 10.8. The van der Waals surface area contributed by atoms with Crippen molar-refractivity contribution < 1.29 is 14.7 Å². The summed E-state index contributed by atoms with van der Waals surface area (Å²) in [5.41, 5.74) is 0.870. The van der Waals surface area contributed by atoms with Gasteiger partial charge in [0.1, 0.15) is 0 Å². The van der Waals surface area contributed by atoms with E-state index < -0.39 is 0 Å². The summed E-state index contributed by atoms with van der Waals surface area (Å²) in [6.45, 7) is 2.17.